The van der Waals surface area contributed by atoms with Gasteiger partial charge in [-0.3, -0.25) is 9.59 Å². The lowest BCUT2D eigenvalue weighted by atomic mass is 10.2. The first-order chi connectivity index (χ1) is 12.0. The second-order valence-electron chi connectivity index (χ2n) is 5.60. The topological polar surface area (TPSA) is 67.9 Å². The molecule has 1 aliphatic heterocycles. The number of halogens is 1. The van der Waals surface area contributed by atoms with E-state index in [4.69, 9.17) is 21.1 Å². The third-order valence-electron chi connectivity index (χ3n) is 3.80. The molecule has 0 aliphatic carbocycles. The summed E-state index contributed by atoms with van der Waals surface area (Å²) in [5.41, 5.74) is 1.26. The molecular weight excluding hydrogens is 344 g/mol. The van der Waals surface area contributed by atoms with Crippen LogP contribution in [-0.4, -0.2) is 37.1 Å². The zero-order valence-electron chi connectivity index (χ0n) is 13.6. The summed E-state index contributed by atoms with van der Waals surface area (Å²) in [6.45, 7) is 0.504. The van der Waals surface area contributed by atoms with Gasteiger partial charge in [-0.1, -0.05) is 29.8 Å². The minimum Gasteiger partial charge on any atom is -0.454 e. The summed E-state index contributed by atoms with van der Waals surface area (Å²) < 4.78 is 10.6. The molecule has 0 fully saturated rings. The zero-order valence-corrected chi connectivity index (χ0v) is 14.4. The number of likely N-dealkylation sites (N-methyl/N-ethyl adjacent to an activating group) is 1. The van der Waals surface area contributed by atoms with Crippen LogP contribution in [0.2, 0.25) is 5.02 Å². The number of ether oxygens (including phenoxy) is 2. The Bertz CT molecular complexity index is 809. The molecule has 0 unspecified atom stereocenters. The third-order valence-corrected chi connectivity index (χ3v) is 4.13. The van der Waals surface area contributed by atoms with Crippen molar-refractivity contribution >= 4 is 23.4 Å². The normalized spacial score (nSPS) is 11.9. The summed E-state index contributed by atoms with van der Waals surface area (Å²) in [6.07, 6.45) is 0. The van der Waals surface area contributed by atoms with E-state index in [9.17, 15) is 9.59 Å². The van der Waals surface area contributed by atoms with Crippen LogP contribution in [-0.2, 0) is 11.3 Å². The number of amides is 2. The minimum atomic E-state index is -0.379. The Morgan fingerprint density at radius 1 is 1.16 bits per heavy atom. The number of fused-ring (bicyclic) bond motifs is 1. The van der Waals surface area contributed by atoms with Crippen molar-refractivity contribution in [1.82, 2.24) is 10.2 Å². The number of benzene rings is 2. The summed E-state index contributed by atoms with van der Waals surface area (Å²) in [5, 5.41) is 2.94. The molecule has 0 saturated carbocycles. The molecule has 0 aromatic heterocycles. The Balaban J connectivity index is 1.54. The van der Waals surface area contributed by atoms with Crippen LogP contribution in [0.3, 0.4) is 0 Å². The van der Waals surface area contributed by atoms with Crippen molar-refractivity contribution in [2.75, 3.05) is 20.4 Å². The summed E-state index contributed by atoms with van der Waals surface area (Å²) in [6, 6.07) is 12.2. The molecule has 2 amide bonds. The van der Waals surface area contributed by atoms with Crippen molar-refractivity contribution < 1.29 is 19.1 Å². The molecule has 130 valence electrons. The van der Waals surface area contributed by atoms with Crippen LogP contribution < -0.4 is 14.8 Å². The van der Waals surface area contributed by atoms with E-state index in [2.05, 4.69) is 5.32 Å². The Morgan fingerprint density at radius 3 is 2.72 bits per heavy atom. The van der Waals surface area contributed by atoms with Crippen LogP contribution in [0, 0.1) is 0 Å². The van der Waals surface area contributed by atoms with Crippen molar-refractivity contribution in [3.8, 4) is 11.5 Å². The number of hydrogen-bond donors (Lipinski definition) is 1. The monoisotopic (exact) mass is 360 g/mol. The van der Waals surface area contributed by atoms with Gasteiger partial charge in [0.15, 0.2) is 11.5 Å². The molecule has 6 nitrogen and oxygen atoms in total. The van der Waals surface area contributed by atoms with Gasteiger partial charge in [-0.15, -0.1) is 0 Å². The van der Waals surface area contributed by atoms with Gasteiger partial charge >= 0.3 is 0 Å². The van der Waals surface area contributed by atoms with Gasteiger partial charge in [0.25, 0.3) is 5.91 Å². The quantitative estimate of drug-likeness (QED) is 0.889. The van der Waals surface area contributed by atoms with E-state index in [0.717, 1.165) is 5.56 Å². The summed E-state index contributed by atoms with van der Waals surface area (Å²) in [4.78, 5) is 25.8. The van der Waals surface area contributed by atoms with Gasteiger partial charge in [0.05, 0.1) is 17.1 Å². The van der Waals surface area contributed by atoms with Gasteiger partial charge in [-0.05, 0) is 29.8 Å². The second kappa shape index (κ2) is 7.44. The average Bonchev–Trinajstić information content (AvgIpc) is 3.07. The van der Waals surface area contributed by atoms with Crippen molar-refractivity contribution in [2.24, 2.45) is 0 Å². The highest BCUT2D eigenvalue weighted by Crippen LogP contribution is 2.32. The predicted molar refractivity (Wildman–Crippen MR) is 92.8 cm³/mol. The van der Waals surface area contributed by atoms with E-state index in [1.165, 1.54) is 4.90 Å². The molecular formula is C18H17ClN2O4. The Kier molecular flexibility index (Phi) is 5.09. The van der Waals surface area contributed by atoms with Crippen LogP contribution in [0.4, 0.5) is 0 Å². The lowest BCUT2D eigenvalue weighted by molar-refractivity contribution is -0.129. The fourth-order valence-corrected chi connectivity index (χ4v) is 2.65. The van der Waals surface area contributed by atoms with Gasteiger partial charge in [0.1, 0.15) is 0 Å². The number of carbonyl (C=O) groups is 2. The molecule has 2 aromatic carbocycles. The molecule has 7 heteroatoms. The number of nitrogens with one attached hydrogen (secondary N) is 1. The van der Waals surface area contributed by atoms with E-state index in [-0.39, 0.29) is 25.2 Å². The maximum Gasteiger partial charge on any atom is 0.253 e. The fourth-order valence-electron chi connectivity index (χ4n) is 2.43. The van der Waals surface area contributed by atoms with Crippen molar-refractivity contribution in [1.29, 1.82) is 0 Å². The molecule has 0 radical (unpaired) electrons. The minimum absolute atomic E-state index is 0.106. The number of rotatable bonds is 5. The van der Waals surface area contributed by atoms with Crippen LogP contribution >= 0.6 is 11.6 Å². The Labute approximate surface area is 150 Å². The van der Waals surface area contributed by atoms with E-state index in [0.29, 0.717) is 28.6 Å². The lowest BCUT2D eigenvalue weighted by Crippen LogP contribution is -2.37. The zero-order chi connectivity index (χ0) is 17.8. The molecule has 0 saturated heterocycles. The van der Waals surface area contributed by atoms with E-state index >= 15 is 0 Å². The van der Waals surface area contributed by atoms with Crippen molar-refractivity contribution in [2.45, 2.75) is 6.54 Å². The standard InChI is InChI=1S/C18H17ClN2O4/c1-21(10-12-6-7-15-16(8-12)25-11-24-15)17(22)9-20-18(23)13-4-2-3-5-14(13)19/h2-8H,9-11H2,1H3,(H,20,23). The Morgan fingerprint density at radius 2 is 1.92 bits per heavy atom. The van der Waals surface area contributed by atoms with Crippen LogP contribution in [0.25, 0.3) is 0 Å². The van der Waals surface area contributed by atoms with E-state index in [1.54, 1.807) is 31.3 Å². The first kappa shape index (κ1) is 17.1. The van der Waals surface area contributed by atoms with Gasteiger partial charge in [0.2, 0.25) is 12.7 Å². The fraction of sp³-hybridized carbons (Fsp3) is 0.222. The lowest BCUT2D eigenvalue weighted by Gasteiger charge is -2.18. The Hall–Kier alpha value is -2.73. The highest BCUT2D eigenvalue weighted by atomic mass is 35.5. The van der Waals surface area contributed by atoms with Crippen molar-refractivity contribution in [3.63, 3.8) is 0 Å². The highest BCUT2D eigenvalue weighted by Gasteiger charge is 2.16. The first-order valence-corrected chi connectivity index (χ1v) is 8.07. The largest absolute Gasteiger partial charge is 0.454 e. The van der Waals surface area contributed by atoms with Crippen LogP contribution in [0.5, 0.6) is 11.5 Å². The summed E-state index contributed by atoms with van der Waals surface area (Å²) in [5.74, 6) is 0.781. The SMILES string of the molecule is CN(Cc1ccc2c(c1)OCO2)C(=O)CNC(=O)c1ccccc1Cl. The third kappa shape index (κ3) is 4.03. The second-order valence-corrected chi connectivity index (χ2v) is 6.01. The van der Waals surface area contributed by atoms with Gasteiger partial charge < -0.3 is 19.7 Å². The molecule has 2 aromatic rings. The number of hydrogen-bond acceptors (Lipinski definition) is 4. The number of nitrogens with zero attached hydrogens (tertiary/aromatic N) is 1. The molecule has 0 atom stereocenters. The average molecular weight is 361 g/mol. The van der Waals surface area contributed by atoms with E-state index in [1.807, 2.05) is 18.2 Å². The maximum atomic E-state index is 12.2. The first-order valence-electron chi connectivity index (χ1n) is 7.70. The predicted octanol–water partition coefficient (Wildman–Crippen LogP) is 2.46. The highest BCUT2D eigenvalue weighted by molar-refractivity contribution is 6.33. The molecule has 3 rings (SSSR count). The molecule has 0 spiro atoms. The maximum absolute atomic E-state index is 12.2. The van der Waals surface area contributed by atoms with E-state index < -0.39 is 0 Å². The molecule has 1 heterocycles. The van der Waals surface area contributed by atoms with Crippen LogP contribution in [0.15, 0.2) is 42.5 Å². The van der Waals surface area contributed by atoms with Gasteiger partial charge in [-0.2, -0.15) is 0 Å². The molecule has 1 N–H and O–H groups in total. The number of carbonyl (C=O) groups excluding carboxylic acids is 2. The van der Waals surface area contributed by atoms with Gasteiger partial charge in [-0.25, -0.2) is 0 Å². The summed E-state index contributed by atoms with van der Waals surface area (Å²) >= 11 is 5.97. The smallest absolute Gasteiger partial charge is 0.253 e. The van der Waals surface area contributed by atoms with Crippen molar-refractivity contribution in [3.05, 3.63) is 58.6 Å². The van der Waals surface area contributed by atoms with Gasteiger partial charge in [0, 0.05) is 13.6 Å². The summed E-state index contributed by atoms with van der Waals surface area (Å²) in [7, 11) is 1.68. The molecule has 25 heavy (non-hydrogen) atoms. The molecule has 0 bridgehead atoms. The van der Waals surface area contributed by atoms with Crippen LogP contribution in [0.1, 0.15) is 15.9 Å². The molecule has 1 aliphatic rings.